The van der Waals surface area contributed by atoms with Crippen LogP contribution in [0.25, 0.3) is 10.2 Å². The lowest BCUT2D eigenvalue weighted by molar-refractivity contribution is 0.102. The van der Waals surface area contributed by atoms with Crippen molar-refractivity contribution in [2.24, 2.45) is 0 Å². The fraction of sp³-hybridized carbons (Fsp3) is 0.200. The summed E-state index contributed by atoms with van der Waals surface area (Å²) in [4.78, 5) is 19.8. The summed E-state index contributed by atoms with van der Waals surface area (Å²) in [6.07, 6.45) is 0. The molecule has 0 radical (unpaired) electrons. The third-order valence-electron chi connectivity index (χ3n) is 5.36. The molecule has 1 aliphatic heterocycles. The number of hydrogen-bond acceptors (Lipinski definition) is 6. The number of thiazole rings is 1. The number of anilines is 2. The zero-order chi connectivity index (χ0) is 21.8. The summed E-state index contributed by atoms with van der Waals surface area (Å²) in [7, 11) is 0. The lowest BCUT2D eigenvalue weighted by atomic mass is 10.1. The van der Waals surface area contributed by atoms with E-state index in [-0.39, 0.29) is 5.91 Å². The number of aromatic nitrogens is 1. The number of carbonyl (C=O) groups excluding carboxylic acids is 1. The predicted molar refractivity (Wildman–Crippen MR) is 133 cm³/mol. The number of hydrogen-bond donors (Lipinski definition) is 1. The van der Waals surface area contributed by atoms with Gasteiger partial charge >= 0.3 is 0 Å². The Labute approximate surface area is 195 Å². The molecule has 1 aromatic heterocycles. The number of benzene rings is 3. The minimum atomic E-state index is -0.101. The van der Waals surface area contributed by atoms with Gasteiger partial charge in [0.05, 0.1) is 34.8 Å². The van der Waals surface area contributed by atoms with Gasteiger partial charge in [0.15, 0.2) is 4.34 Å². The van der Waals surface area contributed by atoms with E-state index in [0.29, 0.717) is 18.8 Å². The van der Waals surface area contributed by atoms with Crippen molar-refractivity contribution >= 4 is 50.6 Å². The molecule has 1 N–H and O–H groups in total. The first kappa shape index (κ1) is 21.0. The third kappa shape index (κ3) is 4.80. The van der Waals surface area contributed by atoms with Crippen molar-refractivity contribution in [3.8, 4) is 0 Å². The van der Waals surface area contributed by atoms with E-state index < -0.39 is 0 Å². The van der Waals surface area contributed by atoms with Crippen LogP contribution in [0, 0.1) is 0 Å². The van der Waals surface area contributed by atoms with Crippen molar-refractivity contribution in [2.45, 2.75) is 10.1 Å². The molecular weight excluding hydrogens is 438 g/mol. The lowest BCUT2D eigenvalue weighted by Gasteiger charge is -2.30. The Morgan fingerprint density at radius 1 is 1.00 bits per heavy atom. The number of morpholine rings is 1. The fourth-order valence-electron chi connectivity index (χ4n) is 3.66. The minimum Gasteiger partial charge on any atom is -0.378 e. The van der Waals surface area contributed by atoms with E-state index in [2.05, 4.69) is 21.3 Å². The van der Waals surface area contributed by atoms with Crippen LogP contribution in [-0.4, -0.2) is 37.2 Å². The summed E-state index contributed by atoms with van der Waals surface area (Å²) in [5, 5.41) is 3.08. The Balaban J connectivity index is 1.23. The molecule has 5 rings (SSSR count). The Bertz CT molecular complexity index is 1180. The highest BCUT2D eigenvalue weighted by Gasteiger charge is 2.16. The quantitative estimate of drug-likeness (QED) is 0.375. The van der Waals surface area contributed by atoms with Crippen LogP contribution in [0.2, 0.25) is 0 Å². The van der Waals surface area contributed by atoms with Crippen molar-refractivity contribution < 1.29 is 9.53 Å². The number of fused-ring (bicyclic) bond motifs is 1. The average Bonchev–Trinajstić information content (AvgIpc) is 3.27. The molecule has 1 amide bonds. The second-order valence-corrected chi connectivity index (χ2v) is 9.76. The van der Waals surface area contributed by atoms with Crippen LogP contribution < -0.4 is 10.2 Å². The van der Waals surface area contributed by atoms with E-state index in [9.17, 15) is 4.79 Å². The number of nitrogens with zero attached hydrogens (tertiary/aromatic N) is 2. The first-order valence-corrected chi connectivity index (χ1v) is 12.4. The van der Waals surface area contributed by atoms with Gasteiger partial charge in [0, 0.05) is 24.4 Å². The van der Waals surface area contributed by atoms with Crippen LogP contribution in [0.15, 0.2) is 77.1 Å². The van der Waals surface area contributed by atoms with Crippen LogP contribution in [0.3, 0.4) is 0 Å². The molecule has 1 aliphatic rings. The van der Waals surface area contributed by atoms with E-state index in [1.165, 1.54) is 10.3 Å². The zero-order valence-electron chi connectivity index (χ0n) is 17.5. The summed E-state index contributed by atoms with van der Waals surface area (Å²) >= 11 is 3.44. The lowest BCUT2D eigenvalue weighted by Crippen LogP contribution is -2.36. The van der Waals surface area contributed by atoms with Crippen LogP contribution in [0.5, 0.6) is 0 Å². The average molecular weight is 462 g/mol. The molecule has 2 heterocycles. The molecule has 0 unspecified atom stereocenters. The van der Waals surface area contributed by atoms with Crippen molar-refractivity contribution in [3.05, 3.63) is 83.9 Å². The van der Waals surface area contributed by atoms with Gasteiger partial charge in [0.1, 0.15) is 0 Å². The Hall–Kier alpha value is -2.87. The van der Waals surface area contributed by atoms with Gasteiger partial charge in [-0.15, -0.1) is 11.3 Å². The molecule has 162 valence electrons. The molecule has 32 heavy (non-hydrogen) atoms. The largest absolute Gasteiger partial charge is 0.378 e. The molecule has 4 aromatic rings. The molecule has 3 aromatic carbocycles. The summed E-state index contributed by atoms with van der Waals surface area (Å²) in [5.74, 6) is 0.720. The van der Waals surface area contributed by atoms with Gasteiger partial charge in [-0.1, -0.05) is 48.2 Å². The molecule has 0 aliphatic carbocycles. The molecule has 1 fully saturated rings. The van der Waals surface area contributed by atoms with Gasteiger partial charge in [0.25, 0.3) is 5.91 Å². The van der Waals surface area contributed by atoms with E-state index >= 15 is 0 Å². The molecular formula is C25H23N3O2S2. The van der Waals surface area contributed by atoms with Gasteiger partial charge in [-0.3, -0.25) is 4.79 Å². The van der Waals surface area contributed by atoms with E-state index in [1.807, 2.05) is 66.7 Å². The van der Waals surface area contributed by atoms with Gasteiger partial charge in [-0.2, -0.15) is 0 Å². The van der Waals surface area contributed by atoms with Crippen LogP contribution in [0.4, 0.5) is 11.4 Å². The summed E-state index contributed by atoms with van der Waals surface area (Å²) < 4.78 is 7.72. The van der Waals surface area contributed by atoms with Gasteiger partial charge in [0.2, 0.25) is 0 Å². The highest BCUT2D eigenvalue weighted by Crippen LogP contribution is 2.31. The van der Waals surface area contributed by atoms with Crippen LogP contribution >= 0.6 is 23.1 Å². The van der Waals surface area contributed by atoms with Gasteiger partial charge in [-0.05, 0) is 42.0 Å². The van der Waals surface area contributed by atoms with Crippen LogP contribution in [0.1, 0.15) is 15.9 Å². The Morgan fingerprint density at radius 2 is 1.75 bits per heavy atom. The number of thioether (sulfide) groups is 1. The number of ether oxygens (including phenoxy) is 1. The minimum absolute atomic E-state index is 0.101. The van der Waals surface area contributed by atoms with E-state index in [1.54, 1.807) is 23.1 Å². The molecule has 1 saturated heterocycles. The fourth-order valence-corrected chi connectivity index (χ4v) is 5.69. The summed E-state index contributed by atoms with van der Waals surface area (Å²) in [5.41, 5.74) is 4.72. The highest BCUT2D eigenvalue weighted by molar-refractivity contribution is 8.00. The number of amides is 1. The second kappa shape index (κ2) is 9.73. The van der Waals surface area contributed by atoms with Gasteiger partial charge < -0.3 is 15.0 Å². The standard InChI is InChI=1S/C25H23N3O2S2/c29-24(26-20-5-1-3-7-22(20)28-13-15-30-16-14-28)19-11-9-18(10-12-19)17-31-25-27-21-6-2-4-8-23(21)32-25/h1-12H,13-17H2,(H,26,29). The highest BCUT2D eigenvalue weighted by atomic mass is 32.2. The Kier molecular flexibility index (Phi) is 6.39. The molecule has 5 nitrogen and oxygen atoms in total. The smallest absolute Gasteiger partial charge is 0.255 e. The first-order valence-electron chi connectivity index (χ1n) is 10.6. The van der Waals surface area contributed by atoms with Crippen molar-refractivity contribution in [1.29, 1.82) is 0 Å². The monoisotopic (exact) mass is 461 g/mol. The molecule has 0 spiro atoms. The van der Waals surface area contributed by atoms with Gasteiger partial charge in [-0.25, -0.2) is 4.98 Å². The van der Waals surface area contributed by atoms with E-state index in [0.717, 1.165) is 40.1 Å². The molecule has 0 saturated carbocycles. The maximum absolute atomic E-state index is 12.9. The summed E-state index contributed by atoms with van der Waals surface area (Å²) in [6.45, 7) is 3.07. The van der Waals surface area contributed by atoms with Crippen molar-refractivity contribution in [3.63, 3.8) is 0 Å². The van der Waals surface area contributed by atoms with Crippen molar-refractivity contribution in [2.75, 3.05) is 36.5 Å². The maximum atomic E-state index is 12.9. The number of nitrogens with one attached hydrogen (secondary N) is 1. The zero-order valence-corrected chi connectivity index (χ0v) is 19.1. The van der Waals surface area contributed by atoms with E-state index in [4.69, 9.17) is 4.74 Å². The number of rotatable bonds is 6. The number of para-hydroxylation sites is 3. The maximum Gasteiger partial charge on any atom is 0.255 e. The first-order chi connectivity index (χ1) is 15.8. The molecule has 0 bridgehead atoms. The third-order valence-corrected chi connectivity index (χ3v) is 7.61. The van der Waals surface area contributed by atoms with Crippen LogP contribution in [-0.2, 0) is 10.5 Å². The second-order valence-electron chi connectivity index (χ2n) is 7.50. The predicted octanol–water partition coefficient (Wildman–Crippen LogP) is 5.68. The number of carbonyl (C=O) groups is 1. The molecule has 0 atom stereocenters. The normalized spacial score (nSPS) is 13.9. The summed E-state index contributed by atoms with van der Waals surface area (Å²) in [6, 6.07) is 23.9. The SMILES string of the molecule is O=C(Nc1ccccc1N1CCOCC1)c1ccc(CSc2nc3ccccc3s2)cc1. The Morgan fingerprint density at radius 3 is 2.56 bits per heavy atom. The molecule has 7 heteroatoms. The topological polar surface area (TPSA) is 54.5 Å². The van der Waals surface area contributed by atoms with Crippen molar-refractivity contribution in [1.82, 2.24) is 4.98 Å².